The van der Waals surface area contributed by atoms with Gasteiger partial charge in [-0.2, -0.15) is 4.98 Å². The second-order valence-corrected chi connectivity index (χ2v) is 11.3. The Morgan fingerprint density at radius 3 is 2.74 bits per heavy atom. The smallest absolute Gasteiger partial charge is 0.351 e. The maximum absolute atomic E-state index is 12.9. The van der Waals surface area contributed by atoms with Crippen LogP contribution in [0.3, 0.4) is 0 Å². The molecule has 5 rings (SSSR count). The molecule has 2 N–H and O–H groups in total. The van der Waals surface area contributed by atoms with Gasteiger partial charge >= 0.3 is 5.69 Å². The zero-order valence-corrected chi connectivity index (χ0v) is 23.2. The summed E-state index contributed by atoms with van der Waals surface area (Å²) in [5.41, 5.74) is -0.105. The van der Waals surface area contributed by atoms with Crippen LogP contribution in [-0.2, 0) is 33.7 Å². The van der Waals surface area contributed by atoms with Crippen LogP contribution in [0.15, 0.2) is 47.4 Å². The van der Waals surface area contributed by atoms with Crippen molar-refractivity contribution in [2.45, 2.75) is 62.9 Å². The zero-order valence-electron chi connectivity index (χ0n) is 22.3. The van der Waals surface area contributed by atoms with Crippen LogP contribution < -0.4 is 11.0 Å². The van der Waals surface area contributed by atoms with E-state index in [-0.39, 0.29) is 31.0 Å². The molecular weight excluding hydrogens is 527 g/mol. The van der Waals surface area contributed by atoms with Crippen LogP contribution in [0, 0.1) is 0 Å². The number of anilines is 1. The second-order valence-electron chi connectivity index (χ2n) is 9.95. The van der Waals surface area contributed by atoms with Gasteiger partial charge in [0.05, 0.1) is 25.9 Å². The van der Waals surface area contributed by atoms with Crippen LogP contribution in [0.2, 0.25) is 0 Å². The fraction of sp³-hybridized carbons (Fsp3) is 0.577. The van der Waals surface area contributed by atoms with E-state index in [1.54, 1.807) is 7.11 Å². The lowest BCUT2D eigenvalue weighted by atomic mass is 9.87. The minimum atomic E-state index is -1.52. The Hall–Kier alpha value is -2.28. The highest BCUT2D eigenvalue weighted by Gasteiger charge is 2.57. The number of benzene rings is 1. The molecule has 3 fully saturated rings. The maximum atomic E-state index is 12.9. The van der Waals surface area contributed by atoms with E-state index in [0.29, 0.717) is 6.61 Å². The standard InChI is InChI=1S/C26H35N4O8P/c1-17(32)27-21-11-13-29(25(33)28-21)24-23(35-15-14-34-3)22(19(16-31)36-24)37-39-30-12-7-10-20(30)26(2,38-39)18-8-5-4-6-9-18/h4-6,8-9,11,13,19-20,22-24,31H,7,10,12,14-16H2,1-3H3,(H,27,28,32,33)/t19-,20+,22?,23+,24-,26-,39+/m1/s1. The third-order valence-corrected chi connectivity index (χ3v) is 9.23. The summed E-state index contributed by atoms with van der Waals surface area (Å²) in [4.78, 5) is 28.3. The predicted molar refractivity (Wildman–Crippen MR) is 142 cm³/mol. The highest BCUT2D eigenvalue weighted by Crippen LogP contribution is 2.64. The molecule has 1 aromatic carbocycles. The number of hydrogen-bond acceptors (Lipinski definition) is 10. The van der Waals surface area contributed by atoms with Crippen molar-refractivity contribution in [2.75, 3.05) is 38.8 Å². The number of fused-ring (bicyclic) bond motifs is 1. The molecule has 0 spiro atoms. The summed E-state index contributed by atoms with van der Waals surface area (Å²) in [6.45, 7) is 4.46. The molecule has 12 nitrogen and oxygen atoms in total. The maximum Gasteiger partial charge on any atom is 0.351 e. The van der Waals surface area contributed by atoms with Gasteiger partial charge in [-0.25, -0.2) is 9.46 Å². The van der Waals surface area contributed by atoms with Crippen LogP contribution in [0.4, 0.5) is 5.82 Å². The topological polar surface area (TPSA) is 134 Å². The second kappa shape index (κ2) is 12.1. The lowest BCUT2D eigenvalue weighted by Gasteiger charge is -2.29. The Labute approximate surface area is 228 Å². The summed E-state index contributed by atoms with van der Waals surface area (Å²) in [7, 11) is 0.0527. The Morgan fingerprint density at radius 2 is 2.05 bits per heavy atom. The predicted octanol–water partition coefficient (Wildman–Crippen LogP) is 2.15. The molecule has 7 atom stereocenters. The van der Waals surface area contributed by atoms with Crippen LogP contribution in [0.1, 0.15) is 38.5 Å². The van der Waals surface area contributed by atoms with Crippen molar-refractivity contribution in [3.63, 3.8) is 0 Å². The van der Waals surface area contributed by atoms with Crippen molar-refractivity contribution in [2.24, 2.45) is 0 Å². The summed E-state index contributed by atoms with van der Waals surface area (Å²) in [6, 6.07) is 11.8. The number of methoxy groups -OCH3 is 1. The molecule has 1 aromatic heterocycles. The summed E-state index contributed by atoms with van der Waals surface area (Å²) in [5, 5.41) is 12.8. The summed E-state index contributed by atoms with van der Waals surface area (Å²) >= 11 is 0. The van der Waals surface area contributed by atoms with E-state index in [1.165, 1.54) is 23.8 Å². The van der Waals surface area contributed by atoms with E-state index in [0.717, 1.165) is 24.9 Å². The van der Waals surface area contributed by atoms with E-state index in [2.05, 4.69) is 34.0 Å². The van der Waals surface area contributed by atoms with Crippen molar-refractivity contribution in [3.05, 3.63) is 58.6 Å². The summed E-state index contributed by atoms with van der Waals surface area (Å²) in [6.07, 6.45) is 0.290. The van der Waals surface area contributed by atoms with Crippen molar-refractivity contribution < 1.29 is 33.2 Å². The number of aliphatic hydroxyl groups excluding tert-OH is 1. The van der Waals surface area contributed by atoms with Crippen molar-refractivity contribution in [3.8, 4) is 0 Å². The molecular formula is C26H35N4O8P. The van der Waals surface area contributed by atoms with E-state index in [4.69, 9.17) is 23.3 Å². The molecule has 0 saturated carbocycles. The van der Waals surface area contributed by atoms with E-state index in [1.807, 2.05) is 18.2 Å². The fourth-order valence-corrected chi connectivity index (χ4v) is 7.64. The molecule has 13 heteroatoms. The molecule has 0 bridgehead atoms. The summed E-state index contributed by atoms with van der Waals surface area (Å²) in [5.74, 6) is -0.207. The van der Waals surface area contributed by atoms with Gasteiger partial charge in [-0.3, -0.25) is 9.36 Å². The lowest BCUT2D eigenvalue weighted by Crippen LogP contribution is -2.40. The Morgan fingerprint density at radius 1 is 1.26 bits per heavy atom. The van der Waals surface area contributed by atoms with Gasteiger partial charge < -0.3 is 33.7 Å². The third kappa shape index (κ3) is 5.66. The van der Waals surface area contributed by atoms with Crippen LogP contribution >= 0.6 is 8.53 Å². The molecule has 39 heavy (non-hydrogen) atoms. The first kappa shape index (κ1) is 28.3. The quantitative estimate of drug-likeness (QED) is 0.328. The number of aliphatic hydroxyl groups is 1. The number of nitrogens with one attached hydrogen (secondary N) is 1. The van der Waals surface area contributed by atoms with Gasteiger partial charge in [-0.15, -0.1) is 0 Å². The number of amides is 1. The molecule has 4 heterocycles. The molecule has 1 unspecified atom stereocenters. The minimum Gasteiger partial charge on any atom is -0.394 e. The van der Waals surface area contributed by atoms with Crippen molar-refractivity contribution in [1.82, 2.24) is 14.2 Å². The van der Waals surface area contributed by atoms with Crippen molar-refractivity contribution in [1.29, 1.82) is 0 Å². The average Bonchev–Trinajstić information content (AvgIpc) is 3.61. The number of carbonyl (C=O) groups is 1. The molecule has 3 aliphatic rings. The van der Waals surface area contributed by atoms with E-state index < -0.39 is 44.4 Å². The number of nitrogens with zero attached hydrogens (tertiary/aromatic N) is 3. The first-order chi connectivity index (χ1) is 18.9. The molecule has 2 aromatic rings. The molecule has 3 saturated heterocycles. The van der Waals surface area contributed by atoms with E-state index in [9.17, 15) is 14.7 Å². The monoisotopic (exact) mass is 562 g/mol. The van der Waals surface area contributed by atoms with Gasteiger partial charge in [0, 0.05) is 26.8 Å². The first-order valence-corrected chi connectivity index (χ1v) is 14.2. The molecule has 0 aliphatic carbocycles. The molecule has 0 radical (unpaired) electrons. The van der Waals surface area contributed by atoms with Crippen LogP contribution in [0.25, 0.3) is 0 Å². The van der Waals surface area contributed by atoms with Gasteiger partial charge in [0.25, 0.3) is 8.53 Å². The van der Waals surface area contributed by atoms with Crippen molar-refractivity contribution >= 4 is 20.3 Å². The largest absolute Gasteiger partial charge is 0.394 e. The van der Waals surface area contributed by atoms with Crippen LogP contribution in [-0.4, -0.2) is 83.1 Å². The minimum absolute atomic E-state index is 0.133. The number of rotatable bonds is 10. The number of hydrogen-bond donors (Lipinski definition) is 2. The third-order valence-electron chi connectivity index (χ3n) is 7.37. The number of ether oxygens (including phenoxy) is 3. The van der Waals surface area contributed by atoms with E-state index >= 15 is 0 Å². The Balaban J connectivity index is 1.42. The lowest BCUT2D eigenvalue weighted by molar-refractivity contribution is -0.114. The Kier molecular flexibility index (Phi) is 8.75. The first-order valence-electron chi connectivity index (χ1n) is 13.1. The van der Waals surface area contributed by atoms with Gasteiger partial charge in [0.2, 0.25) is 5.91 Å². The molecule has 1 amide bonds. The zero-order chi connectivity index (χ0) is 27.6. The fourth-order valence-electron chi connectivity index (χ4n) is 5.49. The van der Waals surface area contributed by atoms with Gasteiger partial charge in [0.1, 0.15) is 29.7 Å². The Bertz CT molecular complexity index is 1200. The van der Waals surface area contributed by atoms with Gasteiger partial charge in [-0.1, -0.05) is 30.3 Å². The molecule has 3 aliphatic heterocycles. The summed E-state index contributed by atoms with van der Waals surface area (Å²) < 4.78 is 34.3. The SMILES string of the molecule is COCCO[C@H]1C(O[P@@]2O[C@](C)(c3ccccc3)[C@@H]3CCCN32)[C@@H](CO)O[C@H]1n1ccc(NC(C)=O)nc1=O. The highest BCUT2D eigenvalue weighted by molar-refractivity contribution is 7.45. The van der Waals surface area contributed by atoms with Crippen LogP contribution in [0.5, 0.6) is 0 Å². The number of aromatic nitrogens is 2. The normalized spacial score (nSPS) is 32.4. The number of carbonyl (C=O) groups excluding carboxylic acids is 1. The van der Waals surface area contributed by atoms with Gasteiger partial charge in [-0.05, 0) is 31.4 Å². The van der Waals surface area contributed by atoms with Gasteiger partial charge in [0.15, 0.2) is 6.23 Å². The average molecular weight is 563 g/mol. The molecule has 212 valence electrons. The highest BCUT2D eigenvalue weighted by atomic mass is 31.2.